The predicted octanol–water partition coefficient (Wildman–Crippen LogP) is 4.13. The van der Waals surface area contributed by atoms with Gasteiger partial charge in [-0.15, -0.1) is 23.1 Å². The van der Waals surface area contributed by atoms with Crippen molar-refractivity contribution in [3.63, 3.8) is 0 Å². The van der Waals surface area contributed by atoms with E-state index in [-0.39, 0.29) is 11.2 Å². The van der Waals surface area contributed by atoms with E-state index in [0.717, 1.165) is 17.9 Å². The second-order valence-corrected chi connectivity index (χ2v) is 6.89. The maximum Gasteiger partial charge on any atom is 0.238 e. The van der Waals surface area contributed by atoms with Gasteiger partial charge in [0.05, 0.1) is 10.9 Å². The zero-order valence-corrected chi connectivity index (χ0v) is 13.2. The number of anilines is 1. The number of unbranched alkanes of at least 4 members (excludes halogenated alkanes) is 1. The van der Waals surface area contributed by atoms with Gasteiger partial charge in [0, 0.05) is 5.38 Å². The van der Waals surface area contributed by atoms with E-state index in [9.17, 15) is 4.79 Å². The van der Waals surface area contributed by atoms with Crippen LogP contribution < -0.4 is 5.32 Å². The summed E-state index contributed by atoms with van der Waals surface area (Å²) < 4.78 is 0. The average Bonchev–Trinajstić information content (AvgIpc) is 2.77. The van der Waals surface area contributed by atoms with Crippen molar-refractivity contribution in [1.29, 1.82) is 0 Å². The van der Waals surface area contributed by atoms with E-state index in [1.54, 1.807) is 11.8 Å². The summed E-state index contributed by atoms with van der Waals surface area (Å²) in [6.45, 7) is 8.31. The van der Waals surface area contributed by atoms with Gasteiger partial charge in [-0.3, -0.25) is 4.79 Å². The Hall–Kier alpha value is -0.550. The van der Waals surface area contributed by atoms with Crippen molar-refractivity contribution in [3.05, 3.63) is 11.1 Å². The molecular weight excluding hydrogens is 264 g/mol. The SMILES string of the molecule is CCCCSC(C)C(=O)Nc1nc(C(C)C)cs1. The van der Waals surface area contributed by atoms with Gasteiger partial charge in [0.2, 0.25) is 5.91 Å². The lowest BCUT2D eigenvalue weighted by molar-refractivity contribution is -0.115. The quantitative estimate of drug-likeness (QED) is 0.766. The molecule has 1 N–H and O–H groups in total. The molecule has 0 saturated carbocycles. The monoisotopic (exact) mass is 286 g/mol. The zero-order valence-electron chi connectivity index (χ0n) is 11.5. The first-order chi connectivity index (χ1) is 8.54. The molecule has 18 heavy (non-hydrogen) atoms. The van der Waals surface area contributed by atoms with E-state index in [0.29, 0.717) is 11.0 Å². The minimum Gasteiger partial charge on any atom is -0.301 e. The Morgan fingerprint density at radius 3 is 2.78 bits per heavy atom. The summed E-state index contributed by atoms with van der Waals surface area (Å²) >= 11 is 3.21. The Morgan fingerprint density at radius 2 is 2.22 bits per heavy atom. The number of thiazole rings is 1. The maximum atomic E-state index is 11.9. The first-order valence-electron chi connectivity index (χ1n) is 6.42. The van der Waals surface area contributed by atoms with Crippen molar-refractivity contribution in [1.82, 2.24) is 4.98 Å². The molecule has 102 valence electrons. The lowest BCUT2D eigenvalue weighted by Gasteiger charge is -2.09. The summed E-state index contributed by atoms with van der Waals surface area (Å²) in [7, 11) is 0. The lowest BCUT2D eigenvalue weighted by Crippen LogP contribution is -2.22. The number of nitrogens with one attached hydrogen (secondary N) is 1. The van der Waals surface area contributed by atoms with Crippen molar-refractivity contribution in [2.45, 2.75) is 51.7 Å². The molecule has 1 aromatic rings. The van der Waals surface area contributed by atoms with E-state index < -0.39 is 0 Å². The Kier molecular flexibility index (Phi) is 6.71. The molecule has 0 aromatic carbocycles. The average molecular weight is 286 g/mol. The fourth-order valence-corrected chi connectivity index (χ4v) is 3.19. The van der Waals surface area contributed by atoms with Gasteiger partial charge in [-0.2, -0.15) is 0 Å². The normalized spacial score (nSPS) is 12.7. The lowest BCUT2D eigenvalue weighted by atomic mass is 10.2. The van der Waals surface area contributed by atoms with Crippen molar-refractivity contribution in [2.75, 3.05) is 11.1 Å². The molecule has 0 radical (unpaired) electrons. The van der Waals surface area contributed by atoms with Crippen LogP contribution in [0.3, 0.4) is 0 Å². The molecule has 5 heteroatoms. The molecule has 1 unspecified atom stereocenters. The first kappa shape index (κ1) is 15.5. The molecule has 0 aliphatic carbocycles. The molecule has 0 bridgehead atoms. The Bertz CT molecular complexity index is 377. The molecule has 0 saturated heterocycles. The third-order valence-electron chi connectivity index (χ3n) is 2.58. The number of aromatic nitrogens is 1. The predicted molar refractivity (Wildman–Crippen MR) is 81.7 cm³/mol. The highest BCUT2D eigenvalue weighted by Gasteiger charge is 2.15. The van der Waals surface area contributed by atoms with Crippen LogP contribution in [0.1, 0.15) is 52.1 Å². The molecule has 1 aromatic heterocycles. The van der Waals surface area contributed by atoms with Gasteiger partial charge in [0.1, 0.15) is 0 Å². The van der Waals surface area contributed by atoms with Crippen LogP contribution in [0.5, 0.6) is 0 Å². The molecule has 1 atom stereocenters. The second kappa shape index (κ2) is 7.79. The summed E-state index contributed by atoms with van der Waals surface area (Å²) in [4.78, 5) is 16.3. The molecule has 0 fully saturated rings. The van der Waals surface area contributed by atoms with Crippen LogP contribution >= 0.6 is 23.1 Å². The van der Waals surface area contributed by atoms with Crippen molar-refractivity contribution < 1.29 is 4.79 Å². The molecule has 0 aliphatic rings. The van der Waals surface area contributed by atoms with Gasteiger partial charge in [-0.25, -0.2) is 4.98 Å². The van der Waals surface area contributed by atoms with Crippen LogP contribution in [0.15, 0.2) is 5.38 Å². The zero-order chi connectivity index (χ0) is 13.5. The molecule has 0 spiro atoms. The third-order valence-corrected chi connectivity index (χ3v) is 4.59. The minimum atomic E-state index is -0.0112. The van der Waals surface area contributed by atoms with Crippen LogP contribution in [0.25, 0.3) is 0 Å². The summed E-state index contributed by atoms with van der Waals surface area (Å²) in [5.74, 6) is 1.50. The van der Waals surface area contributed by atoms with Crippen molar-refractivity contribution >= 4 is 34.1 Å². The van der Waals surface area contributed by atoms with Crippen LogP contribution in [-0.4, -0.2) is 21.9 Å². The number of amides is 1. The minimum absolute atomic E-state index is 0.0112. The van der Waals surface area contributed by atoms with Crippen molar-refractivity contribution in [3.8, 4) is 0 Å². The molecule has 1 amide bonds. The number of hydrogen-bond donors (Lipinski definition) is 1. The number of hydrogen-bond acceptors (Lipinski definition) is 4. The van der Waals surface area contributed by atoms with Crippen LogP contribution in [-0.2, 0) is 4.79 Å². The van der Waals surface area contributed by atoms with Gasteiger partial charge in [-0.1, -0.05) is 27.2 Å². The van der Waals surface area contributed by atoms with E-state index in [1.165, 1.54) is 17.8 Å². The number of carbonyl (C=O) groups is 1. The van der Waals surface area contributed by atoms with Crippen LogP contribution in [0.4, 0.5) is 5.13 Å². The highest BCUT2D eigenvalue weighted by Crippen LogP contribution is 2.22. The smallest absolute Gasteiger partial charge is 0.238 e. The number of carbonyl (C=O) groups excluding carboxylic acids is 1. The first-order valence-corrected chi connectivity index (χ1v) is 8.35. The second-order valence-electron chi connectivity index (χ2n) is 4.59. The molecule has 3 nitrogen and oxygen atoms in total. The Morgan fingerprint density at radius 1 is 1.50 bits per heavy atom. The van der Waals surface area contributed by atoms with Gasteiger partial charge in [-0.05, 0) is 25.0 Å². The van der Waals surface area contributed by atoms with E-state index >= 15 is 0 Å². The number of thioether (sulfide) groups is 1. The van der Waals surface area contributed by atoms with Crippen LogP contribution in [0, 0.1) is 0 Å². The van der Waals surface area contributed by atoms with Crippen molar-refractivity contribution in [2.24, 2.45) is 0 Å². The number of rotatable bonds is 7. The van der Waals surface area contributed by atoms with E-state index in [4.69, 9.17) is 0 Å². The third kappa shape index (κ3) is 4.98. The summed E-state index contributed by atoms with van der Waals surface area (Å²) in [5, 5.41) is 5.60. The van der Waals surface area contributed by atoms with E-state index in [1.807, 2.05) is 12.3 Å². The molecular formula is C13H22N2OS2. The fraction of sp³-hybridized carbons (Fsp3) is 0.692. The van der Waals surface area contributed by atoms with Gasteiger partial charge >= 0.3 is 0 Å². The Labute approximate surface area is 118 Å². The van der Waals surface area contributed by atoms with E-state index in [2.05, 4.69) is 31.1 Å². The summed E-state index contributed by atoms with van der Waals surface area (Å²) in [5.41, 5.74) is 1.04. The Balaban J connectivity index is 2.42. The maximum absolute atomic E-state index is 11.9. The molecule has 1 heterocycles. The summed E-state index contributed by atoms with van der Waals surface area (Å²) in [6, 6.07) is 0. The standard InChI is InChI=1S/C13H22N2OS2/c1-5-6-7-17-10(4)12(16)15-13-14-11(8-18-13)9(2)3/h8-10H,5-7H2,1-4H3,(H,14,15,16). The van der Waals surface area contributed by atoms with Gasteiger partial charge in [0.15, 0.2) is 5.13 Å². The number of nitrogens with zero attached hydrogens (tertiary/aromatic N) is 1. The largest absolute Gasteiger partial charge is 0.301 e. The van der Waals surface area contributed by atoms with Gasteiger partial charge < -0.3 is 5.32 Å². The highest BCUT2D eigenvalue weighted by atomic mass is 32.2. The fourth-order valence-electron chi connectivity index (χ4n) is 1.30. The molecule has 1 rings (SSSR count). The molecule has 0 aliphatic heterocycles. The summed E-state index contributed by atoms with van der Waals surface area (Å²) in [6.07, 6.45) is 2.34. The van der Waals surface area contributed by atoms with Gasteiger partial charge in [0.25, 0.3) is 0 Å². The highest BCUT2D eigenvalue weighted by molar-refractivity contribution is 8.00. The van der Waals surface area contributed by atoms with Crippen LogP contribution in [0.2, 0.25) is 0 Å². The topological polar surface area (TPSA) is 42.0 Å².